The topological polar surface area (TPSA) is 0 Å². The normalized spacial score (nSPS) is 11.6. The van der Waals surface area contributed by atoms with Gasteiger partial charge in [0.05, 0.1) is 5.56 Å². The third-order valence-corrected chi connectivity index (χ3v) is 2.45. The lowest BCUT2D eigenvalue weighted by Crippen LogP contribution is -2.09. The molecular formula is C13H7F5. The van der Waals surface area contributed by atoms with E-state index in [1.807, 2.05) is 0 Å². The van der Waals surface area contributed by atoms with Gasteiger partial charge in [-0.2, -0.15) is 13.2 Å². The van der Waals surface area contributed by atoms with E-state index in [1.165, 1.54) is 12.1 Å². The molecule has 0 aliphatic heterocycles. The van der Waals surface area contributed by atoms with Crippen LogP contribution in [0.1, 0.15) is 5.56 Å². The Labute approximate surface area is 99.7 Å². The molecule has 0 saturated heterocycles. The first-order valence-electron chi connectivity index (χ1n) is 5.01. The molecule has 0 N–H and O–H groups in total. The van der Waals surface area contributed by atoms with Crippen LogP contribution in [0.4, 0.5) is 22.0 Å². The molecular weight excluding hydrogens is 251 g/mol. The molecule has 94 valence electrons. The summed E-state index contributed by atoms with van der Waals surface area (Å²) < 4.78 is 64.0. The van der Waals surface area contributed by atoms with E-state index < -0.39 is 23.4 Å². The van der Waals surface area contributed by atoms with Crippen molar-refractivity contribution in [3.8, 4) is 11.1 Å². The Morgan fingerprint density at radius 1 is 0.778 bits per heavy atom. The highest BCUT2D eigenvalue weighted by atomic mass is 19.4. The molecule has 0 amide bonds. The molecule has 2 rings (SSSR count). The summed E-state index contributed by atoms with van der Waals surface area (Å²) in [5, 5.41) is 0. The van der Waals surface area contributed by atoms with Crippen molar-refractivity contribution in [2.45, 2.75) is 6.18 Å². The van der Waals surface area contributed by atoms with E-state index in [0.29, 0.717) is 11.6 Å². The van der Waals surface area contributed by atoms with Crippen molar-refractivity contribution >= 4 is 0 Å². The first-order chi connectivity index (χ1) is 8.39. The molecule has 0 atom stereocenters. The summed E-state index contributed by atoms with van der Waals surface area (Å²) >= 11 is 0. The van der Waals surface area contributed by atoms with E-state index >= 15 is 0 Å². The molecule has 0 radical (unpaired) electrons. The second-order valence-electron chi connectivity index (χ2n) is 3.68. The van der Waals surface area contributed by atoms with Gasteiger partial charge in [0, 0.05) is 5.56 Å². The zero-order valence-corrected chi connectivity index (χ0v) is 8.93. The fourth-order valence-electron chi connectivity index (χ4n) is 1.60. The van der Waals surface area contributed by atoms with Crippen molar-refractivity contribution < 1.29 is 22.0 Å². The lowest BCUT2D eigenvalue weighted by atomic mass is 10.0. The van der Waals surface area contributed by atoms with E-state index in [-0.39, 0.29) is 11.6 Å². The maximum atomic E-state index is 13.6. The van der Waals surface area contributed by atoms with Gasteiger partial charge in [-0.05, 0) is 17.7 Å². The minimum atomic E-state index is -4.90. The van der Waals surface area contributed by atoms with Crippen molar-refractivity contribution in [2.75, 3.05) is 0 Å². The Balaban J connectivity index is 2.57. The standard InChI is InChI=1S/C13H7F5/c14-11-7-10(13(16,17)18)12(15)6-9(11)8-4-2-1-3-5-8/h1-7H. The number of hydrogen-bond acceptors (Lipinski definition) is 0. The van der Waals surface area contributed by atoms with Gasteiger partial charge in [0.15, 0.2) is 0 Å². The van der Waals surface area contributed by atoms with E-state index in [1.54, 1.807) is 18.2 Å². The molecule has 0 nitrogen and oxygen atoms in total. The van der Waals surface area contributed by atoms with Crippen LogP contribution in [0.3, 0.4) is 0 Å². The number of alkyl halides is 3. The van der Waals surface area contributed by atoms with Crippen molar-refractivity contribution in [3.05, 3.63) is 59.7 Å². The van der Waals surface area contributed by atoms with E-state index in [0.717, 1.165) is 0 Å². The molecule has 0 unspecified atom stereocenters. The van der Waals surface area contributed by atoms with Gasteiger partial charge in [-0.15, -0.1) is 0 Å². The highest BCUT2D eigenvalue weighted by molar-refractivity contribution is 5.64. The molecule has 0 heterocycles. The number of halogens is 5. The second-order valence-corrected chi connectivity index (χ2v) is 3.68. The van der Waals surface area contributed by atoms with Crippen molar-refractivity contribution in [2.24, 2.45) is 0 Å². The predicted octanol–water partition coefficient (Wildman–Crippen LogP) is 4.65. The molecule has 2 aromatic rings. The summed E-state index contributed by atoms with van der Waals surface area (Å²) in [7, 11) is 0. The molecule has 0 aliphatic carbocycles. The highest BCUT2D eigenvalue weighted by Gasteiger charge is 2.35. The Morgan fingerprint density at radius 3 is 1.94 bits per heavy atom. The summed E-state index contributed by atoms with van der Waals surface area (Å²) in [5.41, 5.74) is -1.47. The van der Waals surface area contributed by atoms with Gasteiger partial charge in [0.1, 0.15) is 11.6 Å². The van der Waals surface area contributed by atoms with E-state index in [9.17, 15) is 22.0 Å². The lowest BCUT2D eigenvalue weighted by Gasteiger charge is -2.10. The minimum absolute atomic E-state index is 0.178. The minimum Gasteiger partial charge on any atom is -0.206 e. The summed E-state index contributed by atoms with van der Waals surface area (Å²) in [6.07, 6.45) is -4.90. The number of rotatable bonds is 1. The van der Waals surface area contributed by atoms with E-state index in [2.05, 4.69) is 0 Å². The fourth-order valence-corrected chi connectivity index (χ4v) is 1.60. The highest BCUT2D eigenvalue weighted by Crippen LogP contribution is 2.34. The van der Waals surface area contributed by atoms with Gasteiger partial charge in [0.25, 0.3) is 0 Å². The molecule has 0 fully saturated rings. The molecule has 0 saturated carbocycles. The molecule has 0 aromatic heterocycles. The molecule has 0 spiro atoms. The van der Waals surface area contributed by atoms with Crippen LogP contribution in [0.15, 0.2) is 42.5 Å². The average Bonchev–Trinajstić information content (AvgIpc) is 2.31. The number of hydrogen-bond donors (Lipinski definition) is 0. The van der Waals surface area contributed by atoms with Crippen molar-refractivity contribution in [3.63, 3.8) is 0 Å². The van der Waals surface area contributed by atoms with Gasteiger partial charge in [-0.25, -0.2) is 8.78 Å². The molecule has 0 aliphatic rings. The predicted molar refractivity (Wildman–Crippen MR) is 56.8 cm³/mol. The zero-order valence-electron chi connectivity index (χ0n) is 8.93. The Kier molecular flexibility index (Phi) is 3.07. The zero-order chi connectivity index (χ0) is 13.3. The van der Waals surface area contributed by atoms with Crippen LogP contribution in [0.25, 0.3) is 11.1 Å². The van der Waals surface area contributed by atoms with Crippen LogP contribution in [-0.2, 0) is 6.18 Å². The van der Waals surface area contributed by atoms with Gasteiger partial charge >= 0.3 is 6.18 Å². The SMILES string of the molecule is Fc1cc(C(F)(F)F)c(F)cc1-c1ccccc1. The van der Waals surface area contributed by atoms with E-state index in [4.69, 9.17) is 0 Å². The van der Waals surface area contributed by atoms with Gasteiger partial charge in [0.2, 0.25) is 0 Å². The number of benzene rings is 2. The third kappa shape index (κ3) is 2.34. The summed E-state index contributed by atoms with van der Waals surface area (Å²) in [6.45, 7) is 0. The molecule has 18 heavy (non-hydrogen) atoms. The third-order valence-electron chi connectivity index (χ3n) is 2.45. The average molecular weight is 258 g/mol. The smallest absolute Gasteiger partial charge is 0.206 e. The maximum Gasteiger partial charge on any atom is 0.419 e. The first-order valence-corrected chi connectivity index (χ1v) is 5.01. The van der Waals surface area contributed by atoms with Crippen LogP contribution >= 0.6 is 0 Å². The molecule has 5 heteroatoms. The van der Waals surface area contributed by atoms with Crippen LogP contribution < -0.4 is 0 Å². The largest absolute Gasteiger partial charge is 0.419 e. The monoisotopic (exact) mass is 258 g/mol. The van der Waals surface area contributed by atoms with Gasteiger partial charge < -0.3 is 0 Å². The summed E-state index contributed by atoms with van der Waals surface area (Å²) in [4.78, 5) is 0. The quantitative estimate of drug-likeness (QED) is 0.653. The molecule has 0 bridgehead atoms. The Bertz CT molecular complexity index is 558. The lowest BCUT2D eigenvalue weighted by molar-refractivity contribution is -0.140. The summed E-state index contributed by atoms with van der Waals surface area (Å²) in [5.74, 6) is -2.59. The maximum absolute atomic E-state index is 13.6. The van der Waals surface area contributed by atoms with Gasteiger partial charge in [-0.3, -0.25) is 0 Å². The summed E-state index contributed by atoms with van der Waals surface area (Å²) in [6, 6.07) is 8.57. The Hall–Kier alpha value is -1.91. The first kappa shape index (κ1) is 12.5. The van der Waals surface area contributed by atoms with Crippen LogP contribution in [-0.4, -0.2) is 0 Å². The van der Waals surface area contributed by atoms with Crippen LogP contribution in [0.5, 0.6) is 0 Å². The van der Waals surface area contributed by atoms with Crippen molar-refractivity contribution in [1.82, 2.24) is 0 Å². The molecule has 2 aromatic carbocycles. The van der Waals surface area contributed by atoms with Crippen molar-refractivity contribution in [1.29, 1.82) is 0 Å². The van der Waals surface area contributed by atoms with Crippen LogP contribution in [0.2, 0.25) is 0 Å². The van der Waals surface area contributed by atoms with Gasteiger partial charge in [-0.1, -0.05) is 30.3 Å². The second kappa shape index (κ2) is 4.40. The van der Waals surface area contributed by atoms with Crippen LogP contribution in [0, 0.1) is 11.6 Å². The Morgan fingerprint density at radius 2 is 1.39 bits per heavy atom. The fraction of sp³-hybridized carbons (Fsp3) is 0.0769.